The lowest BCUT2D eigenvalue weighted by Crippen LogP contribution is -2.32. The van der Waals surface area contributed by atoms with Gasteiger partial charge in [-0.05, 0) is 50.7 Å². The first-order valence-corrected chi connectivity index (χ1v) is 7.42. The van der Waals surface area contributed by atoms with Crippen molar-refractivity contribution < 1.29 is 4.79 Å². The Morgan fingerprint density at radius 3 is 2.80 bits per heavy atom. The maximum Gasteiger partial charge on any atom is 0.253 e. The lowest BCUT2D eigenvalue weighted by Gasteiger charge is -2.18. The van der Waals surface area contributed by atoms with Crippen LogP contribution in [0.3, 0.4) is 0 Å². The molecule has 1 heterocycles. The number of carbonyl (C=O) groups is 1. The van der Waals surface area contributed by atoms with Gasteiger partial charge in [0.25, 0.3) is 5.91 Å². The van der Waals surface area contributed by atoms with Crippen molar-refractivity contribution in [1.82, 2.24) is 15.1 Å². The first kappa shape index (κ1) is 15.0. The van der Waals surface area contributed by atoms with Gasteiger partial charge >= 0.3 is 0 Å². The maximum atomic E-state index is 12.3. The van der Waals surface area contributed by atoms with E-state index >= 15 is 0 Å². The molecule has 2 rings (SSSR count). The quantitative estimate of drug-likeness (QED) is 0.856. The SMILES string of the molecule is CNCCN(C)C(=O)c1cccc(CN2CCCC2)c1. The predicted octanol–water partition coefficient (Wildman–Crippen LogP) is 1.57. The Morgan fingerprint density at radius 2 is 2.10 bits per heavy atom. The number of likely N-dealkylation sites (N-methyl/N-ethyl adjacent to an activating group) is 2. The summed E-state index contributed by atoms with van der Waals surface area (Å²) in [5.74, 6) is 0.100. The molecule has 1 amide bonds. The summed E-state index contributed by atoms with van der Waals surface area (Å²) in [6.45, 7) is 4.86. The lowest BCUT2D eigenvalue weighted by molar-refractivity contribution is 0.0796. The average Bonchev–Trinajstić information content (AvgIpc) is 2.97. The number of hydrogen-bond acceptors (Lipinski definition) is 3. The van der Waals surface area contributed by atoms with Gasteiger partial charge in [-0.15, -0.1) is 0 Å². The first-order valence-electron chi connectivity index (χ1n) is 7.42. The molecule has 110 valence electrons. The first-order chi connectivity index (χ1) is 9.70. The molecule has 0 unspecified atom stereocenters. The topological polar surface area (TPSA) is 35.6 Å². The van der Waals surface area contributed by atoms with Crippen LogP contribution in [0.2, 0.25) is 0 Å². The van der Waals surface area contributed by atoms with E-state index in [4.69, 9.17) is 0 Å². The number of nitrogens with one attached hydrogen (secondary N) is 1. The molecule has 1 saturated heterocycles. The molecular weight excluding hydrogens is 250 g/mol. The Balaban J connectivity index is 1.98. The van der Waals surface area contributed by atoms with Crippen LogP contribution >= 0.6 is 0 Å². The number of likely N-dealkylation sites (tertiary alicyclic amines) is 1. The van der Waals surface area contributed by atoms with E-state index in [9.17, 15) is 4.79 Å². The van der Waals surface area contributed by atoms with Gasteiger partial charge in [0, 0.05) is 32.2 Å². The minimum atomic E-state index is 0.100. The molecular formula is C16H25N3O. The summed E-state index contributed by atoms with van der Waals surface area (Å²) < 4.78 is 0. The zero-order valence-corrected chi connectivity index (χ0v) is 12.6. The van der Waals surface area contributed by atoms with Crippen molar-refractivity contribution in [1.29, 1.82) is 0 Å². The normalized spacial score (nSPS) is 15.5. The van der Waals surface area contributed by atoms with Crippen molar-refractivity contribution in [3.8, 4) is 0 Å². The Morgan fingerprint density at radius 1 is 1.35 bits per heavy atom. The van der Waals surface area contributed by atoms with Crippen LogP contribution < -0.4 is 5.32 Å². The number of rotatable bonds is 6. The predicted molar refractivity (Wildman–Crippen MR) is 81.8 cm³/mol. The Labute approximate surface area is 121 Å². The van der Waals surface area contributed by atoms with Crippen LogP contribution in [0.25, 0.3) is 0 Å². The molecule has 0 aliphatic carbocycles. The molecule has 1 fully saturated rings. The second-order valence-corrected chi connectivity index (χ2v) is 5.51. The van der Waals surface area contributed by atoms with Gasteiger partial charge in [0.1, 0.15) is 0 Å². The van der Waals surface area contributed by atoms with E-state index < -0.39 is 0 Å². The van der Waals surface area contributed by atoms with E-state index in [1.54, 1.807) is 4.90 Å². The minimum Gasteiger partial charge on any atom is -0.340 e. The average molecular weight is 275 g/mol. The lowest BCUT2D eigenvalue weighted by atomic mass is 10.1. The summed E-state index contributed by atoms with van der Waals surface area (Å²) >= 11 is 0. The molecule has 20 heavy (non-hydrogen) atoms. The van der Waals surface area contributed by atoms with Crippen LogP contribution in [-0.2, 0) is 6.54 Å². The molecule has 4 nitrogen and oxygen atoms in total. The third-order valence-corrected chi connectivity index (χ3v) is 3.82. The molecule has 0 radical (unpaired) electrons. The molecule has 0 saturated carbocycles. The Hall–Kier alpha value is -1.39. The van der Waals surface area contributed by atoms with Crippen LogP contribution in [0.5, 0.6) is 0 Å². The van der Waals surface area contributed by atoms with E-state index in [1.165, 1.54) is 31.5 Å². The molecule has 0 spiro atoms. The fraction of sp³-hybridized carbons (Fsp3) is 0.562. The summed E-state index contributed by atoms with van der Waals surface area (Å²) in [4.78, 5) is 16.5. The van der Waals surface area contributed by atoms with Crippen molar-refractivity contribution in [2.75, 3.05) is 40.3 Å². The van der Waals surface area contributed by atoms with Gasteiger partial charge in [0.15, 0.2) is 0 Å². The highest BCUT2D eigenvalue weighted by Gasteiger charge is 2.14. The molecule has 0 aromatic heterocycles. The van der Waals surface area contributed by atoms with Crippen LogP contribution in [0.4, 0.5) is 0 Å². The number of nitrogens with zero attached hydrogens (tertiary/aromatic N) is 2. The maximum absolute atomic E-state index is 12.3. The second kappa shape index (κ2) is 7.41. The summed E-state index contributed by atoms with van der Waals surface area (Å²) in [5, 5.41) is 3.06. The van der Waals surface area contributed by atoms with E-state index in [2.05, 4.69) is 16.3 Å². The van der Waals surface area contributed by atoms with Crippen molar-refractivity contribution in [3.05, 3.63) is 35.4 Å². The van der Waals surface area contributed by atoms with Gasteiger partial charge in [0.05, 0.1) is 0 Å². The Bertz CT molecular complexity index is 441. The van der Waals surface area contributed by atoms with Crippen LogP contribution in [0.15, 0.2) is 24.3 Å². The molecule has 1 aliphatic rings. The highest BCUT2D eigenvalue weighted by molar-refractivity contribution is 5.94. The number of hydrogen-bond donors (Lipinski definition) is 1. The van der Waals surface area contributed by atoms with E-state index in [0.717, 1.165) is 25.2 Å². The van der Waals surface area contributed by atoms with E-state index in [-0.39, 0.29) is 5.91 Å². The van der Waals surface area contributed by atoms with Crippen LogP contribution in [-0.4, -0.2) is 56.0 Å². The highest BCUT2D eigenvalue weighted by atomic mass is 16.2. The van der Waals surface area contributed by atoms with Crippen LogP contribution in [0, 0.1) is 0 Å². The van der Waals surface area contributed by atoms with Gasteiger partial charge in [-0.1, -0.05) is 12.1 Å². The summed E-state index contributed by atoms with van der Waals surface area (Å²) in [5.41, 5.74) is 2.03. The fourth-order valence-electron chi connectivity index (χ4n) is 2.60. The standard InChI is InChI=1S/C16H25N3O/c1-17-8-11-18(2)16(20)15-7-5-6-14(12-15)13-19-9-3-4-10-19/h5-7,12,17H,3-4,8-11,13H2,1-2H3. The third kappa shape index (κ3) is 4.05. The summed E-state index contributed by atoms with van der Waals surface area (Å²) in [6.07, 6.45) is 2.59. The largest absolute Gasteiger partial charge is 0.340 e. The molecule has 4 heteroatoms. The van der Waals surface area contributed by atoms with Gasteiger partial charge in [0.2, 0.25) is 0 Å². The monoisotopic (exact) mass is 275 g/mol. The molecule has 0 atom stereocenters. The zero-order valence-electron chi connectivity index (χ0n) is 12.6. The summed E-state index contributed by atoms with van der Waals surface area (Å²) in [6, 6.07) is 8.05. The highest BCUT2D eigenvalue weighted by Crippen LogP contribution is 2.14. The number of amides is 1. The zero-order chi connectivity index (χ0) is 14.4. The number of benzene rings is 1. The van der Waals surface area contributed by atoms with Crippen molar-refractivity contribution in [2.45, 2.75) is 19.4 Å². The van der Waals surface area contributed by atoms with Gasteiger partial charge in [-0.25, -0.2) is 0 Å². The Kier molecular flexibility index (Phi) is 5.56. The minimum absolute atomic E-state index is 0.100. The van der Waals surface area contributed by atoms with Crippen molar-refractivity contribution >= 4 is 5.91 Å². The van der Waals surface area contributed by atoms with E-state index in [1.807, 2.05) is 32.3 Å². The van der Waals surface area contributed by atoms with Crippen LogP contribution in [0.1, 0.15) is 28.8 Å². The number of carbonyl (C=O) groups excluding carboxylic acids is 1. The summed E-state index contributed by atoms with van der Waals surface area (Å²) in [7, 11) is 3.75. The molecule has 0 bridgehead atoms. The van der Waals surface area contributed by atoms with Crippen molar-refractivity contribution in [3.63, 3.8) is 0 Å². The smallest absolute Gasteiger partial charge is 0.253 e. The van der Waals surface area contributed by atoms with Crippen molar-refractivity contribution in [2.24, 2.45) is 0 Å². The van der Waals surface area contributed by atoms with Gasteiger partial charge in [-0.3, -0.25) is 9.69 Å². The van der Waals surface area contributed by atoms with E-state index in [0.29, 0.717) is 0 Å². The molecule has 1 aromatic rings. The fourth-order valence-corrected chi connectivity index (χ4v) is 2.60. The molecule has 1 N–H and O–H groups in total. The second-order valence-electron chi connectivity index (χ2n) is 5.51. The third-order valence-electron chi connectivity index (χ3n) is 3.82. The molecule has 1 aliphatic heterocycles. The molecule has 1 aromatic carbocycles. The van der Waals surface area contributed by atoms with Gasteiger partial charge in [-0.2, -0.15) is 0 Å². The van der Waals surface area contributed by atoms with Gasteiger partial charge < -0.3 is 10.2 Å².